The van der Waals surface area contributed by atoms with Gasteiger partial charge in [0.2, 0.25) is 11.8 Å². The fourth-order valence-electron chi connectivity index (χ4n) is 2.51. The Morgan fingerprint density at radius 1 is 1.04 bits per heavy atom. The van der Waals surface area contributed by atoms with Crippen molar-refractivity contribution < 1.29 is 19.0 Å². The summed E-state index contributed by atoms with van der Waals surface area (Å²) in [5.74, 6) is 1.11. The van der Waals surface area contributed by atoms with Gasteiger partial charge in [-0.15, -0.1) is 0 Å². The highest BCUT2D eigenvalue weighted by Crippen LogP contribution is 2.24. The van der Waals surface area contributed by atoms with Gasteiger partial charge in [-0.05, 0) is 41.7 Å². The molecule has 1 N–H and O–H groups in total. The number of anilines is 1. The van der Waals surface area contributed by atoms with E-state index in [-0.39, 0.29) is 11.3 Å². The molecular weight excluding hydrogens is 356 g/mol. The minimum Gasteiger partial charge on any atom is -0.494 e. The van der Waals surface area contributed by atoms with Crippen LogP contribution in [0.15, 0.2) is 42.6 Å². The molecule has 1 aromatic heterocycles. The first-order chi connectivity index (χ1) is 13.4. The molecule has 0 unspecified atom stereocenters. The maximum Gasteiger partial charge on any atom is 0.237 e. The highest BCUT2D eigenvalue weighted by atomic mass is 16.5. The molecule has 1 aromatic carbocycles. The van der Waals surface area contributed by atoms with E-state index in [4.69, 9.17) is 14.2 Å². The Morgan fingerprint density at radius 3 is 2.46 bits per heavy atom. The van der Waals surface area contributed by atoms with Crippen LogP contribution in [0.5, 0.6) is 11.6 Å². The molecule has 0 fully saturated rings. The van der Waals surface area contributed by atoms with E-state index < -0.39 is 0 Å². The van der Waals surface area contributed by atoms with E-state index >= 15 is 0 Å². The van der Waals surface area contributed by atoms with Crippen molar-refractivity contribution in [2.24, 2.45) is 0 Å². The minimum absolute atomic E-state index is 0.101. The second-order valence-corrected chi connectivity index (χ2v) is 7.47. The third kappa shape index (κ3) is 7.19. The quantitative estimate of drug-likeness (QED) is 0.620. The van der Waals surface area contributed by atoms with Crippen molar-refractivity contribution in [1.29, 1.82) is 0 Å². The zero-order valence-corrected chi connectivity index (χ0v) is 17.2. The first kappa shape index (κ1) is 21.7. The largest absolute Gasteiger partial charge is 0.494 e. The number of methoxy groups -OCH3 is 1. The van der Waals surface area contributed by atoms with Crippen molar-refractivity contribution in [2.75, 3.05) is 32.2 Å². The summed E-state index contributed by atoms with van der Waals surface area (Å²) in [5, 5.41) is 2.84. The summed E-state index contributed by atoms with van der Waals surface area (Å²) < 4.78 is 16.2. The lowest BCUT2D eigenvalue weighted by Crippen LogP contribution is -2.15. The van der Waals surface area contributed by atoms with Crippen LogP contribution in [-0.2, 0) is 14.9 Å². The molecule has 2 aromatic rings. The number of carbonyl (C=O) groups excluding carboxylic acids is 1. The predicted molar refractivity (Wildman–Crippen MR) is 110 cm³/mol. The number of pyridine rings is 1. The molecule has 6 heteroatoms. The second-order valence-electron chi connectivity index (χ2n) is 7.47. The molecule has 0 atom stereocenters. The number of nitrogens with zero attached hydrogens (tertiary/aromatic N) is 1. The molecule has 0 aliphatic heterocycles. The molecule has 2 rings (SSSR count). The SMILES string of the molecule is COCCOc1ncccc1NC(=O)CCCOc1ccc(C(C)(C)C)cc1. The minimum atomic E-state index is -0.101. The van der Waals surface area contributed by atoms with Gasteiger partial charge >= 0.3 is 0 Å². The molecule has 0 aliphatic carbocycles. The molecule has 6 nitrogen and oxygen atoms in total. The lowest BCUT2D eigenvalue weighted by molar-refractivity contribution is -0.116. The van der Waals surface area contributed by atoms with Crippen LogP contribution in [0.2, 0.25) is 0 Å². The van der Waals surface area contributed by atoms with Crippen LogP contribution in [0.1, 0.15) is 39.2 Å². The van der Waals surface area contributed by atoms with Gasteiger partial charge in [0.05, 0.1) is 13.2 Å². The number of amides is 1. The van der Waals surface area contributed by atoms with Crippen molar-refractivity contribution in [3.8, 4) is 11.6 Å². The van der Waals surface area contributed by atoms with Crippen LogP contribution in [0.25, 0.3) is 0 Å². The third-order valence-corrected chi connectivity index (χ3v) is 4.11. The fourth-order valence-corrected chi connectivity index (χ4v) is 2.51. The van der Waals surface area contributed by atoms with E-state index in [2.05, 4.69) is 43.2 Å². The molecule has 0 spiro atoms. The number of aromatic nitrogens is 1. The Hall–Kier alpha value is -2.60. The van der Waals surface area contributed by atoms with E-state index in [0.29, 0.717) is 44.2 Å². The third-order valence-electron chi connectivity index (χ3n) is 4.11. The summed E-state index contributed by atoms with van der Waals surface area (Å²) in [5.41, 5.74) is 1.94. The van der Waals surface area contributed by atoms with Crippen molar-refractivity contribution in [1.82, 2.24) is 4.98 Å². The molecule has 0 saturated heterocycles. The number of benzene rings is 1. The van der Waals surface area contributed by atoms with Crippen molar-refractivity contribution >= 4 is 11.6 Å². The van der Waals surface area contributed by atoms with Gasteiger partial charge in [-0.1, -0.05) is 32.9 Å². The van der Waals surface area contributed by atoms with Crippen LogP contribution in [-0.4, -0.2) is 37.8 Å². The first-order valence-corrected chi connectivity index (χ1v) is 9.50. The predicted octanol–water partition coefficient (Wildman–Crippen LogP) is 4.20. The van der Waals surface area contributed by atoms with Gasteiger partial charge in [0, 0.05) is 19.7 Å². The summed E-state index contributed by atoms with van der Waals surface area (Å²) >= 11 is 0. The Kier molecular flexibility index (Phi) is 8.26. The number of hydrogen-bond donors (Lipinski definition) is 1. The number of carbonyl (C=O) groups is 1. The van der Waals surface area contributed by atoms with Crippen LogP contribution < -0.4 is 14.8 Å². The molecular formula is C22H30N2O4. The maximum absolute atomic E-state index is 12.2. The van der Waals surface area contributed by atoms with Crippen molar-refractivity contribution in [2.45, 2.75) is 39.0 Å². The molecule has 0 aliphatic rings. The maximum atomic E-state index is 12.2. The summed E-state index contributed by atoms with van der Waals surface area (Å²) in [4.78, 5) is 16.3. The van der Waals surface area contributed by atoms with Crippen molar-refractivity contribution in [3.63, 3.8) is 0 Å². The smallest absolute Gasteiger partial charge is 0.237 e. The Bertz CT molecular complexity index is 739. The molecule has 152 valence electrons. The van der Waals surface area contributed by atoms with Crippen LogP contribution in [0.4, 0.5) is 5.69 Å². The summed E-state index contributed by atoms with van der Waals surface area (Å²) in [6.45, 7) is 7.84. The first-order valence-electron chi connectivity index (χ1n) is 9.50. The van der Waals surface area contributed by atoms with Gasteiger partial charge in [0.15, 0.2) is 0 Å². The van der Waals surface area contributed by atoms with Crippen LogP contribution in [0, 0.1) is 0 Å². The van der Waals surface area contributed by atoms with Gasteiger partial charge in [-0.2, -0.15) is 0 Å². The van der Waals surface area contributed by atoms with E-state index in [9.17, 15) is 4.79 Å². The Labute approximate surface area is 167 Å². The molecule has 0 saturated carbocycles. The molecule has 28 heavy (non-hydrogen) atoms. The number of ether oxygens (including phenoxy) is 3. The summed E-state index contributed by atoms with van der Waals surface area (Å²) in [6.07, 6.45) is 2.59. The highest BCUT2D eigenvalue weighted by Gasteiger charge is 2.13. The zero-order valence-electron chi connectivity index (χ0n) is 17.2. The van der Waals surface area contributed by atoms with Crippen LogP contribution in [0.3, 0.4) is 0 Å². The number of hydrogen-bond acceptors (Lipinski definition) is 5. The van der Waals surface area contributed by atoms with E-state index in [0.717, 1.165) is 5.75 Å². The Balaban J connectivity index is 1.74. The molecule has 0 radical (unpaired) electrons. The monoisotopic (exact) mass is 386 g/mol. The average Bonchev–Trinajstić information content (AvgIpc) is 2.66. The van der Waals surface area contributed by atoms with E-state index in [1.165, 1.54) is 5.56 Å². The number of rotatable bonds is 10. The van der Waals surface area contributed by atoms with Gasteiger partial charge in [-0.25, -0.2) is 4.98 Å². The summed E-state index contributed by atoms with van der Waals surface area (Å²) in [6, 6.07) is 11.6. The molecule has 0 bridgehead atoms. The Morgan fingerprint density at radius 2 is 1.79 bits per heavy atom. The highest BCUT2D eigenvalue weighted by molar-refractivity contribution is 5.91. The van der Waals surface area contributed by atoms with E-state index in [1.54, 1.807) is 25.4 Å². The van der Waals surface area contributed by atoms with Gasteiger partial charge < -0.3 is 19.5 Å². The zero-order chi connectivity index (χ0) is 20.4. The molecule has 1 amide bonds. The average molecular weight is 386 g/mol. The summed E-state index contributed by atoms with van der Waals surface area (Å²) in [7, 11) is 1.60. The van der Waals surface area contributed by atoms with E-state index in [1.807, 2.05) is 12.1 Å². The normalized spacial score (nSPS) is 11.1. The number of nitrogens with one attached hydrogen (secondary N) is 1. The lowest BCUT2D eigenvalue weighted by atomic mass is 9.87. The van der Waals surface area contributed by atoms with Gasteiger partial charge in [0.1, 0.15) is 18.0 Å². The topological polar surface area (TPSA) is 69.7 Å². The van der Waals surface area contributed by atoms with Gasteiger partial charge in [-0.3, -0.25) is 4.79 Å². The second kappa shape index (κ2) is 10.7. The van der Waals surface area contributed by atoms with Crippen molar-refractivity contribution in [3.05, 3.63) is 48.2 Å². The fraction of sp³-hybridized carbons (Fsp3) is 0.455. The lowest BCUT2D eigenvalue weighted by Gasteiger charge is -2.19. The van der Waals surface area contributed by atoms with Gasteiger partial charge in [0.25, 0.3) is 0 Å². The molecule has 1 heterocycles. The van der Waals surface area contributed by atoms with Crippen LogP contribution >= 0.6 is 0 Å². The standard InChI is InChI=1S/C22H30N2O4/c1-22(2,3)17-9-11-18(12-10-17)27-14-6-8-20(25)24-19-7-5-13-23-21(19)28-16-15-26-4/h5,7,9-13H,6,8,14-16H2,1-4H3,(H,24,25).